The topological polar surface area (TPSA) is 84.0 Å². The van der Waals surface area contributed by atoms with Gasteiger partial charge in [-0.3, -0.25) is 9.97 Å². The largest absolute Gasteiger partial charge is 2.00 e. The maximum atomic E-state index is 7.19. The Hall–Kier alpha value is -8.84. The zero-order chi connectivity index (χ0) is 56.1. The second-order valence-electron chi connectivity index (χ2n) is 22.9. The Morgan fingerprint density at radius 3 is 1.51 bits per heavy atom. The third-order valence-corrected chi connectivity index (χ3v) is 16.2. The van der Waals surface area contributed by atoms with Crippen molar-refractivity contribution < 1.29 is 34.6 Å². The van der Waals surface area contributed by atoms with Crippen LogP contribution in [0.3, 0.4) is 0 Å². The minimum Gasteiger partial charge on any atom is -0.497 e. The molecule has 0 aliphatic rings. The van der Waals surface area contributed by atoms with Crippen LogP contribution in [0.15, 0.2) is 191 Å². The third kappa shape index (κ3) is 9.06. The maximum Gasteiger partial charge on any atom is 2.00 e. The summed E-state index contributed by atoms with van der Waals surface area (Å²) in [6.07, 6.45) is 0. The summed E-state index contributed by atoms with van der Waals surface area (Å²) in [6, 6.07) is 71.2. The Labute approximate surface area is 497 Å². The molecule has 14 rings (SSSR count). The van der Waals surface area contributed by atoms with Crippen LogP contribution in [0, 0.1) is 19.1 Å². The summed E-state index contributed by atoms with van der Waals surface area (Å²) in [4.78, 5) is 16.3. The molecule has 83 heavy (non-hydrogen) atoms. The molecular formula is C74H61N5O3Pt. The van der Waals surface area contributed by atoms with Crippen LogP contribution in [0.1, 0.15) is 107 Å². The molecule has 8 nitrogen and oxygen atoms in total. The van der Waals surface area contributed by atoms with E-state index in [4.69, 9.17) is 28.5 Å². The first kappa shape index (κ1) is 53.5. The first-order valence-electron chi connectivity index (χ1n) is 28.6. The predicted molar refractivity (Wildman–Crippen MR) is 335 cm³/mol. The predicted octanol–water partition coefficient (Wildman–Crippen LogP) is 20.4. The molecule has 0 spiro atoms. The van der Waals surface area contributed by atoms with E-state index in [-0.39, 0.29) is 44.7 Å². The number of imidazole rings is 2. The molecule has 9 aromatic carbocycles. The van der Waals surface area contributed by atoms with Gasteiger partial charge in [-0.05, 0) is 135 Å². The van der Waals surface area contributed by atoms with E-state index < -0.39 is 0 Å². The Kier molecular flexibility index (Phi) is 13.6. The molecule has 14 aromatic rings. The van der Waals surface area contributed by atoms with Crippen LogP contribution in [-0.4, -0.2) is 24.1 Å². The summed E-state index contributed by atoms with van der Waals surface area (Å²) < 4.78 is 25.7. The fourth-order valence-electron chi connectivity index (χ4n) is 12.2. The summed E-state index contributed by atoms with van der Waals surface area (Å²) in [6.45, 7) is 20.2. The molecule has 410 valence electrons. The minimum absolute atomic E-state index is 0. The monoisotopic (exact) mass is 1260 g/mol. The number of rotatable bonds is 12. The van der Waals surface area contributed by atoms with Gasteiger partial charge in [0.15, 0.2) is 11.2 Å². The zero-order valence-corrected chi connectivity index (χ0v) is 50.2. The van der Waals surface area contributed by atoms with E-state index in [2.05, 4.69) is 216 Å². The van der Waals surface area contributed by atoms with E-state index in [1.165, 1.54) is 44.5 Å². The molecule has 0 aliphatic heterocycles. The number of hydrogen-bond donors (Lipinski definition) is 0. The van der Waals surface area contributed by atoms with Crippen LogP contribution >= 0.6 is 0 Å². The molecular weight excluding hydrogens is 1200 g/mol. The summed E-state index contributed by atoms with van der Waals surface area (Å²) in [5.41, 5.74) is 21.0. The Balaban J connectivity index is 0.00000645. The molecule has 5 aromatic heterocycles. The van der Waals surface area contributed by atoms with E-state index >= 15 is 0 Å². The SMILES string of the molecule is Cc1nc2c3cc(Oc4[c-]c(-c5nc6ccccc6n5-c5c(C(C)C)cc(-c6ccccc6)cc5C(C)C)ccc4)[c-]c(-c4nc5ccccc5n4-c4c(C(C)C)cc(-c5ccccc5)cc4C(C)C)c3oc2c2oc3ccccc3c12.[Pt+2]. The van der Waals surface area contributed by atoms with Crippen molar-refractivity contribution in [2.24, 2.45) is 0 Å². The first-order chi connectivity index (χ1) is 39.9. The van der Waals surface area contributed by atoms with Gasteiger partial charge in [0.1, 0.15) is 11.1 Å². The quantitative estimate of drug-likeness (QED) is 0.113. The van der Waals surface area contributed by atoms with Crippen molar-refractivity contribution in [3.8, 4) is 67.9 Å². The number of aryl methyl sites for hydroxylation is 1. The molecule has 0 N–H and O–H groups in total. The second kappa shape index (κ2) is 21.2. The maximum absolute atomic E-state index is 7.19. The number of pyridine rings is 1. The van der Waals surface area contributed by atoms with E-state index in [0.717, 1.165) is 72.3 Å². The first-order valence-corrected chi connectivity index (χ1v) is 28.6. The van der Waals surface area contributed by atoms with Crippen molar-refractivity contribution in [2.75, 3.05) is 0 Å². The number of fused-ring (bicyclic) bond motifs is 9. The molecule has 0 bridgehead atoms. The molecule has 0 radical (unpaired) electrons. The Morgan fingerprint density at radius 2 is 0.940 bits per heavy atom. The number of nitrogens with zero attached hydrogens (tertiary/aromatic N) is 5. The van der Waals surface area contributed by atoms with Crippen molar-refractivity contribution in [3.05, 3.63) is 222 Å². The number of furan rings is 2. The van der Waals surface area contributed by atoms with Crippen LogP contribution in [0.25, 0.3) is 122 Å². The molecule has 0 unspecified atom stereocenters. The Bertz CT molecular complexity index is 4750. The molecule has 0 aliphatic carbocycles. The number of ether oxygens (including phenoxy) is 1. The van der Waals surface area contributed by atoms with Gasteiger partial charge in [-0.15, -0.1) is 23.8 Å². The van der Waals surface area contributed by atoms with Crippen LogP contribution in [-0.2, 0) is 21.1 Å². The second-order valence-corrected chi connectivity index (χ2v) is 22.9. The van der Waals surface area contributed by atoms with Gasteiger partial charge < -0.3 is 22.7 Å². The smallest absolute Gasteiger partial charge is 0.497 e. The van der Waals surface area contributed by atoms with E-state index in [0.29, 0.717) is 45.2 Å². The summed E-state index contributed by atoms with van der Waals surface area (Å²) >= 11 is 0. The van der Waals surface area contributed by atoms with E-state index in [1.807, 2.05) is 49.4 Å². The van der Waals surface area contributed by atoms with Crippen molar-refractivity contribution in [3.63, 3.8) is 0 Å². The molecule has 0 amide bonds. The number of benzene rings is 9. The fourth-order valence-corrected chi connectivity index (χ4v) is 12.2. The standard InChI is InChI=1S/C74H61N5O3.Pt/c1-42(2)55-36-50(47-23-12-10-13-24-47)37-56(43(3)4)68(55)78-63-32-19-17-30-61(63)76-73(78)49-27-22-28-52(35-49)80-53-40-59-67-72(71-66(46(9)75-67)54-29-16-21-34-65(54)81-71)82-70(59)60(41-53)74-77-62-31-18-20-33-64(62)79(74)69-57(44(5)6)38-51(39-58(69)45(7)8)48-25-14-11-15-26-48;/h10-34,36-40,42-45H,1-9H3;/q-2;+2. The number of para-hydroxylation sites is 5. The number of aromatic nitrogens is 5. The minimum atomic E-state index is 0. The fraction of sp³-hybridized carbons (Fsp3) is 0.176. The molecule has 0 atom stereocenters. The summed E-state index contributed by atoms with van der Waals surface area (Å²) in [5.74, 6) is 3.10. The van der Waals surface area contributed by atoms with Crippen LogP contribution < -0.4 is 4.74 Å². The van der Waals surface area contributed by atoms with Gasteiger partial charge in [0, 0.05) is 34.0 Å². The van der Waals surface area contributed by atoms with Crippen molar-refractivity contribution in [1.82, 2.24) is 24.1 Å². The average molecular weight is 1260 g/mol. The van der Waals surface area contributed by atoms with Gasteiger partial charge in [-0.1, -0.05) is 182 Å². The van der Waals surface area contributed by atoms with Crippen molar-refractivity contribution in [2.45, 2.75) is 86.0 Å². The van der Waals surface area contributed by atoms with Gasteiger partial charge in [-0.25, -0.2) is 4.98 Å². The van der Waals surface area contributed by atoms with Crippen LogP contribution in [0.5, 0.6) is 11.5 Å². The normalized spacial score (nSPS) is 12.0. The zero-order valence-electron chi connectivity index (χ0n) is 47.9. The third-order valence-electron chi connectivity index (χ3n) is 16.2. The van der Waals surface area contributed by atoms with Crippen molar-refractivity contribution in [1.29, 1.82) is 0 Å². The Morgan fingerprint density at radius 1 is 0.434 bits per heavy atom. The van der Waals surface area contributed by atoms with E-state index in [9.17, 15) is 0 Å². The molecule has 5 heterocycles. The molecule has 0 saturated heterocycles. The average Bonchev–Trinajstić information content (AvgIpc) is 1.89. The molecule has 0 saturated carbocycles. The molecule has 0 fully saturated rings. The van der Waals surface area contributed by atoms with Gasteiger partial charge in [0.05, 0.1) is 44.7 Å². The number of hydrogen-bond acceptors (Lipinski definition) is 6. The van der Waals surface area contributed by atoms with Gasteiger partial charge in [0.25, 0.3) is 0 Å². The van der Waals surface area contributed by atoms with Gasteiger partial charge in [-0.2, -0.15) is 0 Å². The summed E-state index contributed by atoms with van der Waals surface area (Å²) in [7, 11) is 0. The molecule has 9 heteroatoms. The van der Waals surface area contributed by atoms with Gasteiger partial charge >= 0.3 is 21.1 Å². The van der Waals surface area contributed by atoms with Gasteiger partial charge in [0.2, 0.25) is 0 Å². The summed E-state index contributed by atoms with van der Waals surface area (Å²) in [5, 5.41) is 2.65. The van der Waals surface area contributed by atoms with Crippen LogP contribution in [0.4, 0.5) is 0 Å². The van der Waals surface area contributed by atoms with Crippen LogP contribution in [0.2, 0.25) is 0 Å². The van der Waals surface area contributed by atoms with E-state index in [1.54, 1.807) is 0 Å². The van der Waals surface area contributed by atoms with Crippen molar-refractivity contribution >= 4 is 66.1 Å².